The quantitative estimate of drug-likeness (QED) is 0.414. The molecule has 0 unspecified atom stereocenters. The number of ketones is 1. The number of carbonyl (C=O) groups excluding carboxylic acids is 2. The topological polar surface area (TPSA) is 43.4 Å². The summed E-state index contributed by atoms with van der Waals surface area (Å²) in [6, 6.07) is 0. The Labute approximate surface area is 66.7 Å². The van der Waals surface area contributed by atoms with Gasteiger partial charge in [0.15, 0.2) is 0 Å². The van der Waals surface area contributed by atoms with Gasteiger partial charge in [-0.2, -0.15) is 0 Å². The van der Waals surface area contributed by atoms with E-state index in [1.807, 2.05) is 0 Å². The Hall–Kier alpha value is -0.860. The molecule has 3 nitrogen and oxygen atoms in total. The van der Waals surface area contributed by atoms with E-state index < -0.39 is 0 Å². The number of hydrogen-bond donors (Lipinski definition) is 0. The zero-order valence-corrected chi connectivity index (χ0v) is 6.84. The molecule has 3 heteroatoms. The molecule has 0 radical (unpaired) electrons. The third kappa shape index (κ3) is 9.14. The fourth-order valence-corrected chi connectivity index (χ4v) is 0.784. The van der Waals surface area contributed by atoms with Gasteiger partial charge in [0, 0.05) is 6.42 Å². The maximum Gasteiger partial charge on any atom is 0.293 e. The van der Waals surface area contributed by atoms with Crippen molar-refractivity contribution in [2.75, 3.05) is 6.61 Å². The van der Waals surface area contributed by atoms with Gasteiger partial charge in [0.25, 0.3) is 6.47 Å². The van der Waals surface area contributed by atoms with Crippen LogP contribution in [0, 0.1) is 0 Å². The zero-order valence-electron chi connectivity index (χ0n) is 6.84. The van der Waals surface area contributed by atoms with Crippen LogP contribution in [0.5, 0.6) is 0 Å². The largest absolute Gasteiger partial charge is 0.468 e. The van der Waals surface area contributed by atoms with E-state index in [1.165, 1.54) is 0 Å². The van der Waals surface area contributed by atoms with E-state index in [-0.39, 0.29) is 5.78 Å². The molecule has 0 saturated carbocycles. The Kier molecular flexibility index (Phi) is 6.68. The second-order valence-electron chi connectivity index (χ2n) is 2.48. The van der Waals surface area contributed by atoms with Crippen molar-refractivity contribution in [3.05, 3.63) is 0 Å². The first-order valence-electron chi connectivity index (χ1n) is 3.82. The normalized spacial score (nSPS) is 9.18. The zero-order chi connectivity index (χ0) is 8.53. The summed E-state index contributed by atoms with van der Waals surface area (Å²) in [5.41, 5.74) is 0. The average Bonchev–Trinajstić information content (AvgIpc) is 1.96. The molecule has 11 heavy (non-hydrogen) atoms. The maximum absolute atomic E-state index is 10.4. The average molecular weight is 158 g/mol. The first-order chi connectivity index (χ1) is 5.27. The Morgan fingerprint density at radius 1 is 1.36 bits per heavy atom. The molecule has 0 N–H and O–H groups in total. The SMILES string of the molecule is CC(=O)CCCCCOC=O. The molecule has 0 aromatic carbocycles. The van der Waals surface area contributed by atoms with E-state index in [4.69, 9.17) is 0 Å². The maximum atomic E-state index is 10.4. The monoisotopic (exact) mass is 158 g/mol. The van der Waals surface area contributed by atoms with Gasteiger partial charge in [-0.05, 0) is 26.2 Å². The predicted molar refractivity (Wildman–Crippen MR) is 41.2 cm³/mol. The lowest BCUT2D eigenvalue weighted by molar-refractivity contribution is -0.128. The van der Waals surface area contributed by atoms with Crippen LogP contribution in [0.1, 0.15) is 32.6 Å². The fraction of sp³-hybridized carbons (Fsp3) is 0.750. The lowest BCUT2D eigenvalue weighted by Gasteiger charge is -1.97. The van der Waals surface area contributed by atoms with Crippen LogP contribution in [0.2, 0.25) is 0 Å². The number of unbranched alkanes of at least 4 members (excludes halogenated alkanes) is 2. The van der Waals surface area contributed by atoms with E-state index in [9.17, 15) is 9.59 Å². The molecule has 0 spiro atoms. The molecule has 0 aromatic heterocycles. The molecule has 0 rings (SSSR count). The van der Waals surface area contributed by atoms with E-state index in [0.717, 1.165) is 19.3 Å². The standard InChI is InChI=1S/C8H14O3/c1-8(10)5-3-2-4-6-11-7-9/h7H,2-6H2,1H3. The third-order valence-corrected chi connectivity index (χ3v) is 1.36. The van der Waals surface area contributed by atoms with Crippen molar-refractivity contribution in [1.82, 2.24) is 0 Å². The van der Waals surface area contributed by atoms with Crippen LogP contribution in [-0.4, -0.2) is 18.9 Å². The van der Waals surface area contributed by atoms with Gasteiger partial charge in [-0.1, -0.05) is 0 Å². The van der Waals surface area contributed by atoms with Crippen molar-refractivity contribution < 1.29 is 14.3 Å². The Balaban J connectivity index is 2.90. The predicted octanol–water partition coefficient (Wildman–Crippen LogP) is 1.31. The van der Waals surface area contributed by atoms with Crippen molar-refractivity contribution in [3.63, 3.8) is 0 Å². The summed E-state index contributed by atoms with van der Waals surface area (Å²) in [5, 5.41) is 0. The van der Waals surface area contributed by atoms with Gasteiger partial charge in [-0.15, -0.1) is 0 Å². The highest BCUT2D eigenvalue weighted by Crippen LogP contribution is 1.99. The summed E-state index contributed by atoms with van der Waals surface area (Å²) in [6.45, 7) is 2.51. The molecule has 0 aromatic rings. The first kappa shape index (κ1) is 10.1. The van der Waals surface area contributed by atoms with Gasteiger partial charge in [-0.3, -0.25) is 4.79 Å². The Morgan fingerprint density at radius 2 is 2.09 bits per heavy atom. The van der Waals surface area contributed by atoms with E-state index in [2.05, 4.69) is 4.74 Å². The van der Waals surface area contributed by atoms with Gasteiger partial charge in [0.1, 0.15) is 5.78 Å². The minimum absolute atomic E-state index is 0.223. The highest BCUT2D eigenvalue weighted by atomic mass is 16.5. The van der Waals surface area contributed by atoms with Crippen LogP contribution in [-0.2, 0) is 14.3 Å². The van der Waals surface area contributed by atoms with Crippen LogP contribution >= 0.6 is 0 Å². The van der Waals surface area contributed by atoms with Crippen LogP contribution < -0.4 is 0 Å². The molecule has 0 saturated heterocycles. The summed E-state index contributed by atoms with van der Waals surface area (Å²) < 4.78 is 4.48. The molecular weight excluding hydrogens is 144 g/mol. The van der Waals surface area contributed by atoms with Gasteiger partial charge in [0.2, 0.25) is 0 Å². The summed E-state index contributed by atoms with van der Waals surface area (Å²) in [6.07, 6.45) is 3.35. The molecular formula is C8H14O3. The number of Topliss-reactive ketones (excluding diaryl/α,β-unsaturated/α-hetero) is 1. The number of rotatable bonds is 7. The Morgan fingerprint density at radius 3 is 2.64 bits per heavy atom. The fourth-order valence-electron chi connectivity index (χ4n) is 0.784. The highest BCUT2D eigenvalue weighted by Gasteiger charge is 1.93. The molecule has 0 bridgehead atoms. The molecule has 0 heterocycles. The van der Waals surface area contributed by atoms with E-state index in [0.29, 0.717) is 19.5 Å². The molecule has 0 atom stereocenters. The molecule has 0 aliphatic carbocycles. The molecule has 0 amide bonds. The number of carbonyl (C=O) groups is 2. The summed E-state index contributed by atoms with van der Waals surface area (Å²) in [5.74, 6) is 0.223. The van der Waals surface area contributed by atoms with Gasteiger partial charge < -0.3 is 9.53 Å². The van der Waals surface area contributed by atoms with E-state index >= 15 is 0 Å². The van der Waals surface area contributed by atoms with Crippen molar-refractivity contribution in [2.24, 2.45) is 0 Å². The van der Waals surface area contributed by atoms with Crippen LogP contribution in [0.15, 0.2) is 0 Å². The van der Waals surface area contributed by atoms with Crippen LogP contribution in [0.25, 0.3) is 0 Å². The van der Waals surface area contributed by atoms with Gasteiger partial charge in [0.05, 0.1) is 6.61 Å². The molecule has 0 aliphatic rings. The highest BCUT2D eigenvalue weighted by molar-refractivity contribution is 5.75. The molecule has 0 aliphatic heterocycles. The summed E-state index contributed by atoms with van der Waals surface area (Å²) in [4.78, 5) is 20.1. The second-order valence-corrected chi connectivity index (χ2v) is 2.48. The number of hydrogen-bond acceptors (Lipinski definition) is 3. The lowest BCUT2D eigenvalue weighted by Crippen LogP contribution is -1.93. The minimum atomic E-state index is 0.223. The minimum Gasteiger partial charge on any atom is -0.468 e. The number of ether oxygens (including phenoxy) is 1. The second kappa shape index (κ2) is 7.25. The van der Waals surface area contributed by atoms with Crippen LogP contribution in [0.4, 0.5) is 0 Å². The van der Waals surface area contributed by atoms with Crippen LogP contribution in [0.3, 0.4) is 0 Å². The summed E-state index contributed by atoms with van der Waals surface area (Å²) >= 11 is 0. The first-order valence-corrected chi connectivity index (χ1v) is 3.82. The third-order valence-electron chi connectivity index (χ3n) is 1.36. The molecule has 64 valence electrons. The van der Waals surface area contributed by atoms with Gasteiger partial charge in [-0.25, -0.2) is 0 Å². The van der Waals surface area contributed by atoms with Crippen molar-refractivity contribution in [3.8, 4) is 0 Å². The van der Waals surface area contributed by atoms with Crippen molar-refractivity contribution in [1.29, 1.82) is 0 Å². The Bertz CT molecular complexity index is 121. The lowest BCUT2D eigenvalue weighted by atomic mass is 10.1. The van der Waals surface area contributed by atoms with Crippen molar-refractivity contribution in [2.45, 2.75) is 32.6 Å². The summed E-state index contributed by atoms with van der Waals surface area (Å²) in [7, 11) is 0. The van der Waals surface area contributed by atoms with Crippen molar-refractivity contribution >= 4 is 12.3 Å². The smallest absolute Gasteiger partial charge is 0.293 e. The molecule has 0 fully saturated rings. The van der Waals surface area contributed by atoms with E-state index in [1.54, 1.807) is 6.92 Å². The van der Waals surface area contributed by atoms with Gasteiger partial charge >= 0.3 is 0 Å².